The maximum Gasteiger partial charge on any atom is 0.387 e. The van der Waals surface area contributed by atoms with Crippen LogP contribution in [0.15, 0.2) is 24.3 Å². The van der Waals surface area contributed by atoms with E-state index >= 15 is 0 Å². The third-order valence-corrected chi connectivity index (χ3v) is 2.90. The van der Waals surface area contributed by atoms with E-state index < -0.39 is 6.61 Å². The van der Waals surface area contributed by atoms with Gasteiger partial charge in [-0.3, -0.25) is 4.79 Å². The van der Waals surface area contributed by atoms with E-state index in [1.54, 1.807) is 0 Å². The third kappa shape index (κ3) is 5.97. The van der Waals surface area contributed by atoms with Crippen LogP contribution >= 0.6 is 0 Å². The Morgan fingerprint density at radius 1 is 1.35 bits per heavy atom. The molecule has 0 aliphatic heterocycles. The lowest BCUT2D eigenvalue weighted by molar-refractivity contribution is -0.0498. The number of amides is 1. The number of benzene rings is 1. The zero-order valence-corrected chi connectivity index (χ0v) is 11.4. The maximum absolute atomic E-state index is 12.0. The average Bonchev–Trinajstić information content (AvgIpc) is 2.43. The van der Waals surface area contributed by atoms with Gasteiger partial charge in [-0.25, -0.2) is 0 Å². The van der Waals surface area contributed by atoms with Gasteiger partial charge in [0, 0.05) is 12.1 Å². The summed E-state index contributed by atoms with van der Waals surface area (Å²) in [6.07, 6.45) is 1.81. The van der Waals surface area contributed by atoms with Crippen molar-refractivity contribution in [1.82, 2.24) is 5.32 Å². The summed E-state index contributed by atoms with van der Waals surface area (Å²) in [5, 5.41) is 2.77. The van der Waals surface area contributed by atoms with Crippen molar-refractivity contribution >= 4 is 5.91 Å². The van der Waals surface area contributed by atoms with Gasteiger partial charge in [0.1, 0.15) is 5.75 Å². The molecule has 0 fully saturated rings. The second-order valence-electron chi connectivity index (χ2n) is 4.64. The summed E-state index contributed by atoms with van der Waals surface area (Å²) in [7, 11) is 0. The molecular formula is C14H20F2N2O2. The van der Waals surface area contributed by atoms with Gasteiger partial charge in [0.15, 0.2) is 0 Å². The van der Waals surface area contributed by atoms with E-state index in [9.17, 15) is 13.6 Å². The lowest BCUT2D eigenvalue weighted by Gasteiger charge is -2.09. The molecule has 0 aliphatic rings. The summed E-state index contributed by atoms with van der Waals surface area (Å²) in [6, 6.07) is 5.60. The topological polar surface area (TPSA) is 64.3 Å². The van der Waals surface area contributed by atoms with Gasteiger partial charge in [-0.2, -0.15) is 8.78 Å². The van der Waals surface area contributed by atoms with Crippen LogP contribution in [0.4, 0.5) is 8.78 Å². The molecule has 6 heteroatoms. The fraction of sp³-hybridized carbons (Fsp3) is 0.500. The molecule has 0 radical (unpaired) electrons. The van der Waals surface area contributed by atoms with E-state index in [2.05, 4.69) is 17.0 Å². The molecule has 0 bridgehead atoms. The normalized spacial score (nSPS) is 12.2. The second kappa shape index (κ2) is 8.47. The Balaban J connectivity index is 2.36. The lowest BCUT2D eigenvalue weighted by Crippen LogP contribution is -2.25. The van der Waals surface area contributed by atoms with Gasteiger partial charge in [0.25, 0.3) is 5.91 Å². The van der Waals surface area contributed by atoms with E-state index in [0.29, 0.717) is 24.6 Å². The molecule has 112 valence electrons. The molecule has 4 nitrogen and oxygen atoms in total. The standard InChI is InChI=1S/C14H20F2N2O2/c1-10(9-17)3-2-8-18-13(19)11-4-6-12(7-5-11)20-14(15)16/h4-7,10,14H,2-3,8-9,17H2,1H3,(H,18,19). The molecular weight excluding hydrogens is 266 g/mol. The number of carbonyl (C=O) groups excluding carboxylic acids is 1. The number of hydrogen-bond donors (Lipinski definition) is 2. The van der Waals surface area contributed by atoms with Gasteiger partial charge in [-0.15, -0.1) is 0 Å². The molecule has 0 saturated heterocycles. The summed E-state index contributed by atoms with van der Waals surface area (Å²) in [4.78, 5) is 11.8. The van der Waals surface area contributed by atoms with Crippen LogP contribution in [0.2, 0.25) is 0 Å². The molecule has 20 heavy (non-hydrogen) atoms. The number of nitrogens with two attached hydrogens (primary N) is 1. The predicted octanol–water partition coefficient (Wildman–Crippen LogP) is 2.39. The molecule has 3 N–H and O–H groups in total. The maximum atomic E-state index is 12.0. The Kier molecular flexibility index (Phi) is 6.93. The van der Waals surface area contributed by atoms with Crippen molar-refractivity contribution in [2.24, 2.45) is 11.7 Å². The first-order valence-corrected chi connectivity index (χ1v) is 6.56. The zero-order chi connectivity index (χ0) is 15.0. The second-order valence-corrected chi connectivity index (χ2v) is 4.64. The summed E-state index contributed by atoms with van der Waals surface area (Å²) < 4.78 is 28.1. The van der Waals surface area contributed by atoms with Gasteiger partial charge >= 0.3 is 6.61 Å². The number of hydrogen-bond acceptors (Lipinski definition) is 3. The van der Waals surface area contributed by atoms with Crippen molar-refractivity contribution in [3.05, 3.63) is 29.8 Å². The molecule has 1 aromatic carbocycles. The van der Waals surface area contributed by atoms with Crippen LogP contribution in [0.3, 0.4) is 0 Å². The van der Waals surface area contributed by atoms with E-state index in [0.717, 1.165) is 12.8 Å². The van der Waals surface area contributed by atoms with Crippen LogP contribution in [0.1, 0.15) is 30.1 Å². The SMILES string of the molecule is CC(CN)CCCNC(=O)c1ccc(OC(F)F)cc1. The fourth-order valence-corrected chi connectivity index (χ4v) is 1.66. The van der Waals surface area contributed by atoms with Crippen LogP contribution in [-0.2, 0) is 0 Å². The minimum absolute atomic E-state index is 0.0355. The van der Waals surface area contributed by atoms with E-state index in [1.807, 2.05) is 0 Å². The molecule has 0 saturated carbocycles. The molecule has 1 rings (SSSR count). The van der Waals surface area contributed by atoms with E-state index in [1.165, 1.54) is 24.3 Å². The predicted molar refractivity (Wildman–Crippen MR) is 72.9 cm³/mol. The zero-order valence-electron chi connectivity index (χ0n) is 11.4. The molecule has 0 heterocycles. The number of carbonyl (C=O) groups is 1. The Bertz CT molecular complexity index is 410. The van der Waals surface area contributed by atoms with Crippen molar-refractivity contribution in [2.45, 2.75) is 26.4 Å². The van der Waals surface area contributed by atoms with Gasteiger partial charge < -0.3 is 15.8 Å². The minimum Gasteiger partial charge on any atom is -0.435 e. The van der Waals surface area contributed by atoms with Gasteiger partial charge in [-0.05, 0) is 49.6 Å². The van der Waals surface area contributed by atoms with Crippen molar-refractivity contribution < 1.29 is 18.3 Å². The van der Waals surface area contributed by atoms with Gasteiger partial charge in [0.05, 0.1) is 0 Å². The first-order chi connectivity index (χ1) is 9.52. The molecule has 0 aromatic heterocycles. The van der Waals surface area contributed by atoms with Crippen molar-refractivity contribution in [3.63, 3.8) is 0 Å². The van der Waals surface area contributed by atoms with Crippen molar-refractivity contribution in [3.8, 4) is 5.75 Å². The fourth-order valence-electron chi connectivity index (χ4n) is 1.66. The first kappa shape index (κ1) is 16.4. The Morgan fingerprint density at radius 2 is 2.00 bits per heavy atom. The number of nitrogens with one attached hydrogen (secondary N) is 1. The highest BCUT2D eigenvalue weighted by molar-refractivity contribution is 5.94. The molecule has 1 unspecified atom stereocenters. The van der Waals surface area contributed by atoms with Gasteiger partial charge in [-0.1, -0.05) is 6.92 Å². The molecule has 0 spiro atoms. The Hall–Kier alpha value is -1.69. The van der Waals surface area contributed by atoms with Crippen LogP contribution in [-0.4, -0.2) is 25.6 Å². The van der Waals surface area contributed by atoms with Crippen molar-refractivity contribution in [2.75, 3.05) is 13.1 Å². The van der Waals surface area contributed by atoms with E-state index in [-0.39, 0.29) is 11.7 Å². The molecule has 1 atom stereocenters. The third-order valence-electron chi connectivity index (χ3n) is 2.90. The Morgan fingerprint density at radius 3 is 2.55 bits per heavy atom. The molecule has 1 amide bonds. The van der Waals surface area contributed by atoms with Crippen molar-refractivity contribution in [1.29, 1.82) is 0 Å². The smallest absolute Gasteiger partial charge is 0.387 e. The number of alkyl halides is 2. The van der Waals surface area contributed by atoms with Crippen LogP contribution in [0.25, 0.3) is 0 Å². The first-order valence-electron chi connectivity index (χ1n) is 6.56. The highest BCUT2D eigenvalue weighted by Crippen LogP contribution is 2.14. The number of halogens is 2. The minimum atomic E-state index is -2.86. The summed E-state index contributed by atoms with van der Waals surface area (Å²) in [5.74, 6) is 0.250. The lowest BCUT2D eigenvalue weighted by atomic mass is 10.1. The van der Waals surface area contributed by atoms with Gasteiger partial charge in [0.2, 0.25) is 0 Å². The van der Waals surface area contributed by atoms with Crippen LogP contribution in [0, 0.1) is 5.92 Å². The summed E-state index contributed by atoms with van der Waals surface area (Å²) >= 11 is 0. The summed E-state index contributed by atoms with van der Waals surface area (Å²) in [5.41, 5.74) is 5.92. The highest BCUT2D eigenvalue weighted by Gasteiger charge is 2.08. The average molecular weight is 286 g/mol. The molecule has 0 aliphatic carbocycles. The largest absolute Gasteiger partial charge is 0.435 e. The highest BCUT2D eigenvalue weighted by atomic mass is 19.3. The summed E-state index contributed by atoms with van der Waals surface area (Å²) in [6.45, 7) is 0.404. The quantitative estimate of drug-likeness (QED) is 0.721. The molecule has 1 aromatic rings. The van der Waals surface area contributed by atoms with Crippen LogP contribution in [0.5, 0.6) is 5.75 Å². The van der Waals surface area contributed by atoms with E-state index in [4.69, 9.17) is 5.73 Å². The van der Waals surface area contributed by atoms with Crippen LogP contribution < -0.4 is 15.8 Å². The number of rotatable bonds is 8. The number of ether oxygens (including phenoxy) is 1. The Labute approximate surface area is 117 Å². The monoisotopic (exact) mass is 286 g/mol.